The van der Waals surface area contributed by atoms with E-state index in [9.17, 15) is 0 Å². The third kappa shape index (κ3) is 2.23. The summed E-state index contributed by atoms with van der Waals surface area (Å²) < 4.78 is 5.66. The lowest BCUT2D eigenvalue weighted by Gasteiger charge is -2.18. The van der Waals surface area contributed by atoms with Crippen molar-refractivity contribution in [3.05, 3.63) is 0 Å². The highest BCUT2D eigenvalue weighted by Crippen LogP contribution is 2.21. The molecule has 1 saturated heterocycles. The van der Waals surface area contributed by atoms with Gasteiger partial charge in [0.1, 0.15) is 0 Å². The first-order valence-corrected chi connectivity index (χ1v) is 4.63. The van der Waals surface area contributed by atoms with Crippen LogP contribution in [0.2, 0.25) is 0 Å². The largest absolute Gasteiger partial charge is 0.373 e. The number of hydrogen-bond acceptors (Lipinski definition) is 2. The molecule has 0 aromatic rings. The van der Waals surface area contributed by atoms with Crippen molar-refractivity contribution in [3.8, 4) is 12.3 Å². The molecule has 0 spiro atoms. The number of likely N-dealkylation sites (N-methyl/N-ethyl adjacent to an activating group) is 1. The van der Waals surface area contributed by atoms with E-state index in [0.29, 0.717) is 6.10 Å². The first kappa shape index (κ1) is 9.57. The Labute approximate surface area is 74.7 Å². The van der Waals surface area contributed by atoms with Crippen molar-refractivity contribution in [1.82, 2.24) is 5.32 Å². The van der Waals surface area contributed by atoms with E-state index in [2.05, 4.69) is 25.1 Å². The summed E-state index contributed by atoms with van der Waals surface area (Å²) in [4.78, 5) is 0. The second-order valence-electron chi connectivity index (χ2n) is 3.26. The molecular weight excluding hydrogens is 150 g/mol. The third-order valence-corrected chi connectivity index (χ3v) is 2.24. The van der Waals surface area contributed by atoms with E-state index in [0.717, 1.165) is 19.4 Å². The van der Waals surface area contributed by atoms with Gasteiger partial charge in [0.05, 0.1) is 18.2 Å². The molecule has 0 aromatic carbocycles. The van der Waals surface area contributed by atoms with Gasteiger partial charge in [-0.05, 0) is 26.3 Å². The fourth-order valence-corrected chi connectivity index (χ4v) is 1.60. The molecule has 3 unspecified atom stereocenters. The van der Waals surface area contributed by atoms with E-state index in [-0.39, 0.29) is 12.1 Å². The first-order valence-electron chi connectivity index (χ1n) is 4.63. The fraction of sp³-hybridized carbons (Fsp3) is 0.800. The van der Waals surface area contributed by atoms with Gasteiger partial charge in [0.25, 0.3) is 0 Å². The van der Waals surface area contributed by atoms with Gasteiger partial charge in [0, 0.05) is 0 Å². The molecule has 0 aromatic heterocycles. The van der Waals surface area contributed by atoms with E-state index in [1.807, 2.05) is 0 Å². The molecule has 0 amide bonds. The van der Waals surface area contributed by atoms with E-state index < -0.39 is 0 Å². The molecule has 1 heterocycles. The first-order chi connectivity index (χ1) is 5.77. The second-order valence-corrected chi connectivity index (χ2v) is 3.26. The topological polar surface area (TPSA) is 21.3 Å². The maximum absolute atomic E-state index is 5.66. The normalized spacial score (nSPS) is 31.4. The molecule has 1 N–H and O–H groups in total. The van der Waals surface area contributed by atoms with Crippen LogP contribution in [0.1, 0.15) is 26.7 Å². The van der Waals surface area contributed by atoms with Gasteiger partial charge in [-0.1, -0.05) is 12.8 Å². The van der Waals surface area contributed by atoms with Gasteiger partial charge in [0.15, 0.2) is 0 Å². The quantitative estimate of drug-likeness (QED) is 0.637. The maximum Gasteiger partial charge on any atom is 0.0952 e. The summed E-state index contributed by atoms with van der Waals surface area (Å²) in [6, 6.07) is 0.0972. The Hall–Kier alpha value is -0.520. The molecule has 1 aliphatic rings. The number of nitrogens with one attached hydrogen (secondary N) is 1. The Bertz CT molecular complexity index is 173. The van der Waals surface area contributed by atoms with Crippen LogP contribution in [0.25, 0.3) is 0 Å². The summed E-state index contributed by atoms with van der Waals surface area (Å²) in [5, 5.41) is 3.23. The Kier molecular flexibility index (Phi) is 3.58. The molecule has 0 aliphatic carbocycles. The van der Waals surface area contributed by atoms with Gasteiger partial charge >= 0.3 is 0 Å². The SMILES string of the molecule is C#CC(NCC)C1CCC(C)O1. The van der Waals surface area contributed by atoms with Crippen molar-refractivity contribution < 1.29 is 4.74 Å². The molecule has 3 atom stereocenters. The second kappa shape index (κ2) is 4.49. The molecule has 1 aliphatic heterocycles. The number of ether oxygens (including phenoxy) is 1. The lowest BCUT2D eigenvalue weighted by Crippen LogP contribution is -2.38. The lowest BCUT2D eigenvalue weighted by atomic mass is 10.1. The molecule has 12 heavy (non-hydrogen) atoms. The molecule has 2 nitrogen and oxygen atoms in total. The molecular formula is C10H17NO. The monoisotopic (exact) mass is 167 g/mol. The summed E-state index contributed by atoms with van der Waals surface area (Å²) in [7, 11) is 0. The van der Waals surface area contributed by atoms with Crippen molar-refractivity contribution in [3.63, 3.8) is 0 Å². The van der Waals surface area contributed by atoms with E-state index in [1.54, 1.807) is 0 Å². The average molecular weight is 167 g/mol. The zero-order valence-corrected chi connectivity index (χ0v) is 7.84. The summed E-state index contributed by atoms with van der Waals surface area (Å²) in [6.07, 6.45) is 8.22. The van der Waals surface area contributed by atoms with Crippen molar-refractivity contribution in [2.24, 2.45) is 0 Å². The summed E-state index contributed by atoms with van der Waals surface area (Å²) >= 11 is 0. The standard InChI is InChI=1S/C10H17NO/c1-4-9(11-5-2)10-7-6-8(3)12-10/h1,8-11H,5-7H2,2-3H3. The predicted octanol–water partition coefficient (Wildman–Crippen LogP) is 1.17. The molecule has 68 valence electrons. The van der Waals surface area contributed by atoms with Crippen LogP contribution in [-0.2, 0) is 4.74 Å². The maximum atomic E-state index is 5.66. The smallest absolute Gasteiger partial charge is 0.0952 e. The molecule has 1 rings (SSSR count). The van der Waals surface area contributed by atoms with E-state index in [4.69, 9.17) is 11.2 Å². The van der Waals surface area contributed by atoms with Crippen LogP contribution in [-0.4, -0.2) is 24.8 Å². The van der Waals surface area contributed by atoms with E-state index in [1.165, 1.54) is 0 Å². The zero-order chi connectivity index (χ0) is 8.97. The summed E-state index contributed by atoms with van der Waals surface area (Å²) in [5.74, 6) is 2.73. The molecule has 0 saturated carbocycles. The molecule has 1 fully saturated rings. The van der Waals surface area contributed by atoms with Crippen LogP contribution in [0.15, 0.2) is 0 Å². The Morgan fingerprint density at radius 3 is 2.83 bits per heavy atom. The average Bonchev–Trinajstić information content (AvgIpc) is 2.47. The third-order valence-electron chi connectivity index (χ3n) is 2.24. The summed E-state index contributed by atoms with van der Waals surface area (Å²) in [5.41, 5.74) is 0. The van der Waals surface area contributed by atoms with Crippen molar-refractivity contribution in [1.29, 1.82) is 0 Å². The minimum Gasteiger partial charge on any atom is -0.373 e. The van der Waals surface area contributed by atoms with E-state index >= 15 is 0 Å². The lowest BCUT2D eigenvalue weighted by molar-refractivity contribution is 0.0440. The number of hydrogen-bond donors (Lipinski definition) is 1. The Morgan fingerprint density at radius 2 is 2.42 bits per heavy atom. The Morgan fingerprint density at radius 1 is 1.67 bits per heavy atom. The van der Waals surface area contributed by atoms with Gasteiger partial charge in [0.2, 0.25) is 0 Å². The van der Waals surface area contributed by atoms with Gasteiger partial charge in [-0.25, -0.2) is 0 Å². The minimum absolute atomic E-state index is 0.0972. The van der Waals surface area contributed by atoms with Crippen molar-refractivity contribution in [2.45, 2.75) is 44.9 Å². The molecule has 0 bridgehead atoms. The van der Waals surface area contributed by atoms with Crippen LogP contribution in [0.3, 0.4) is 0 Å². The van der Waals surface area contributed by atoms with Crippen LogP contribution in [0.5, 0.6) is 0 Å². The van der Waals surface area contributed by atoms with Gasteiger partial charge in [-0.2, -0.15) is 0 Å². The van der Waals surface area contributed by atoms with Crippen molar-refractivity contribution in [2.75, 3.05) is 6.54 Å². The zero-order valence-electron chi connectivity index (χ0n) is 7.84. The van der Waals surface area contributed by atoms with Gasteiger partial charge < -0.3 is 10.1 Å². The van der Waals surface area contributed by atoms with Gasteiger partial charge in [-0.15, -0.1) is 6.42 Å². The van der Waals surface area contributed by atoms with Crippen LogP contribution in [0.4, 0.5) is 0 Å². The summed E-state index contributed by atoms with van der Waals surface area (Å²) in [6.45, 7) is 5.06. The van der Waals surface area contributed by atoms with Crippen LogP contribution < -0.4 is 5.32 Å². The molecule has 2 heteroatoms. The highest BCUT2D eigenvalue weighted by Gasteiger charge is 2.27. The highest BCUT2D eigenvalue weighted by atomic mass is 16.5. The van der Waals surface area contributed by atoms with Crippen LogP contribution in [0, 0.1) is 12.3 Å². The Balaban J connectivity index is 2.40. The minimum atomic E-state index is 0.0972. The molecule has 0 radical (unpaired) electrons. The van der Waals surface area contributed by atoms with Gasteiger partial charge in [-0.3, -0.25) is 0 Å². The van der Waals surface area contributed by atoms with Crippen LogP contribution >= 0.6 is 0 Å². The number of terminal acetylenes is 1. The predicted molar refractivity (Wildman–Crippen MR) is 49.9 cm³/mol. The van der Waals surface area contributed by atoms with Crippen molar-refractivity contribution >= 4 is 0 Å². The fourth-order valence-electron chi connectivity index (χ4n) is 1.60. The number of rotatable bonds is 3. The highest BCUT2D eigenvalue weighted by molar-refractivity contribution is 5.04.